The molecule has 0 aromatic carbocycles. The van der Waals surface area contributed by atoms with Crippen LogP contribution < -0.4 is 10.6 Å². The molecule has 3 aromatic rings. The number of amides is 1. The van der Waals surface area contributed by atoms with Gasteiger partial charge in [-0.25, -0.2) is 9.97 Å². The highest BCUT2D eigenvalue weighted by molar-refractivity contribution is 6.10. The van der Waals surface area contributed by atoms with E-state index >= 15 is 0 Å². The van der Waals surface area contributed by atoms with Gasteiger partial charge < -0.3 is 10.6 Å². The minimum Gasteiger partial charge on any atom is -0.368 e. The lowest BCUT2D eigenvalue weighted by Crippen LogP contribution is -2.40. The fourth-order valence-corrected chi connectivity index (χ4v) is 3.12. The van der Waals surface area contributed by atoms with Gasteiger partial charge in [-0.2, -0.15) is 5.10 Å². The summed E-state index contributed by atoms with van der Waals surface area (Å²) in [5.74, 6) is -0.292. The van der Waals surface area contributed by atoms with Crippen LogP contribution in [0, 0.1) is 0 Å². The number of nitrogens with two attached hydrogens (primary N) is 1. The number of nitrogens with one attached hydrogen (secondary N) is 1. The quantitative estimate of drug-likeness (QED) is 0.729. The lowest BCUT2D eigenvalue weighted by atomic mass is 10.1. The molecule has 4 rings (SSSR count). The number of fused-ring (bicyclic) bond motifs is 3. The van der Waals surface area contributed by atoms with E-state index in [9.17, 15) is 4.79 Å². The van der Waals surface area contributed by atoms with Crippen LogP contribution in [0.25, 0.3) is 21.9 Å². The largest absolute Gasteiger partial charge is 0.368 e. The first kappa shape index (κ1) is 12.1. The molecule has 1 saturated heterocycles. The van der Waals surface area contributed by atoms with Gasteiger partial charge in [-0.3, -0.25) is 9.89 Å². The van der Waals surface area contributed by atoms with E-state index in [1.54, 1.807) is 18.6 Å². The van der Waals surface area contributed by atoms with Gasteiger partial charge in [0.25, 0.3) is 0 Å². The molecule has 7 heteroatoms. The van der Waals surface area contributed by atoms with Gasteiger partial charge in [-0.1, -0.05) is 0 Å². The molecule has 0 aliphatic carbocycles. The molecule has 4 heterocycles. The molecule has 1 aliphatic heterocycles. The maximum atomic E-state index is 11.7. The normalized spacial score (nSPS) is 18.7. The summed E-state index contributed by atoms with van der Waals surface area (Å²) in [6.07, 6.45) is 6.92. The molecule has 1 atom stereocenters. The summed E-state index contributed by atoms with van der Waals surface area (Å²) in [7, 11) is 0. The Morgan fingerprint density at radius 3 is 3.14 bits per heavy atom. The molecule has 7 nitrogen and oxygen atoms in total. The Morgan fingerprint density at radius 2 is 2.29 bits per heavy atom. The maximum Gasteiger partial charge on any atom is 0.240 e. The summed E-state index contributed by atoms with van der Waals surface area (Å²) in [6.45, 7) is 0.798. The second-order valence-corrected chi connectivity index (χ2v) is 5.24. The first-order valence-electron chi connectivity index (χ1n) is 6.88. The molecule has 21 heavy (non-hydrogen) atoms. The number of carbonyl (C=O) groups excluding carboxylic acids is 1. The van der Waals surface area contributed by atoms with Gasteiger partial charge in [0.05, 0.1) is 23.6 Å². The van der Waals surface area contributed by atoms with Crippen LogP contribution in [-0.2, 0) is 4.79 Å². The summed E-state index contributed by atoms with van der Waals surface area (Å²) >= 11 is 0. The standard InChI is InChI=1S/C14H14N6O/c15-13(21)10-2-1-5-20(10)11-7-18-19-9-6-17-14-8(12(9)11)3-4-16-14/h3-4,6-7,10,19H,1-2,5H2,(H2,15,21). The fraction of sp³-hybridized carbons (Fsp3) is 0.286. The molecular weight excluding hydrogens is 268 g/mol. The number of rotatable bonds is 2. The van der Waals surface area contributed by atoms with E-state index in [1.807, 2.05) is 11.0 Å². The third kappa shape index (κ3) is 1.74. The zero-order chi connectivity index (χ0) is 14.4. The lowest BCUT2D eigenvalue weighted by molar-refractivity contribution is -0.119. The van der Waals surface area contributed by atoms with Gasteiger partial charge >= 0.3 is 0 Å². The molecule has 0 spiro atoms. The van der Waals surface area contributed by atoms with Crippen molar-refractivity contribution < 1.29 is 4.79 Å². The van der Waals surface area contributed by atoms with E-state index in [0.717, 1.165) is 41.4 Å². The van der Waals surface area contributed by atoms with Crippen LogP contribution >= 0.6 is 0 Å². The summed E-state index contributed by atoms with van der Waals surface area (Å²) < 4.78 is 0. The summed E-state index contributed by atoms with van der Waals surface area (Å²) in [5, 5.41) is 9.06. The molecule has 0 saturated carbocycles. The summed E-state index contributed by atoms with van der Waals surface area (Å²) in [4.78, 5) is 22.2. The van der Waals surface area contributed by atoms with E-state index in [4.69, 9.17) is 5.73 Å². The molecule has 1 unspecified atom stereocenters. The van der Waals surface area contributed by atoms with Crippen LogP contribution in [-0.4, -0.2) is 38.7 Å². The topological polar surface area (TPSA) is 101 Å². The monoisotopic (exact) mass is 282 g/mol. The average Bonchev–Trinajstić information content (AvgIpc) is 3.15. The van der Waals surface area contributed by atoms with Crippen molar-refractivity contribution in [1.82, 2.24) is 20.2 Å². The molecule has 3 N–H and O–H groups in total. The van der Waals surface area contributed by atoms with E-state index in [2.05, 4.69) is 20.2 Å². The first-order valence-corrected chi connectivity index (χ1v) is 6.88. The van der Waals surface area contributed by atoms with Crippen molar-refractivity contribution >= 4 is 33.5 Å². The molecule has 1 amide bonds. The minimum atomic E-state index is -0.292. The Labute approximate surface area is 120 Å². The van der Waals surface area contributed by atoms with Crippen molar-refractivity contribution in [3.8, 4) is 0 Å². The molecule has 0 radical (unpaired) electrons. The number of carbonyl (C=O) groups is 1. The van der Waals surface area contributed by atoms with Gasteiger partial charge in [0.2, 0.25) is 5.91 Å². The van der Waals surface area contributed by atoms with Crippen molar-refractivity contribution in [2.24, 2.45) is 5.73 Å². The van der Waals surface area contributed by atoms with Gasteiger partial charge in [0, 0.05) is 23.5 Å². The van der Waals surface area contributed by atoms with Crippen LogP contribution in [0.1, 0.15) is 12.8 Å². The first-order chi connectivity index (χ1) is 10.3. The Bertz CT molecular complexity index is 842. The highest BCUT2D eigenvalue weighted by Crippen LogP contribution is 2.34. The van der Waals surface area contributed by atoms with Crippen molar-refractivity contribution in [2.75, 3.05) is 11.4 Å². The molecule has 3 aromatic heterocycles. The number of primary amides is 1. The number of aromatic amines is 1. The zero-order valence-electron chi connectivity index (χ0n) is 11.3. The number of hydrogen-bond acceptors (Lipinski definition) is 5. The van der Waals surface area contributed by atoms with Crippen LogP contribution in [0.5, 0.6) is 0 Å². The van der Waals surface area contributed by atoms with Gasteiger partial charge in [0.15, 0.2) is 5.65 Å². The predicted octanol–water partition coefficient (Wildman–Crippen LogP) is 0.960. The smallest absolute Gasteiger partial charge is 0.240 e. The molecule has 106 valence electrons. The molecular formula is C14H14N6O. The van der Waals surface area contributed by atoms with Crippen molar-refractivity contribution in [3.05, 3.63) is 24.7 Å². The van der Waals surface area contributed by atoms with Crippen LogP contribution in [0.3, 0.4) is 0 Å². The third-order valence-electron chi connectivity index (χ3n) is 4.05. The number of aromatic nitrogens is 4. The van der Waals surface area contributed by atoms with Gasteiger partial charge in [-0.15, -0.1) is 0 Å². The third-order valence-corrected chi connectivity index (χ3v) is 4.05. The molecule has 1 fully saturated rings. The van der Waals surface area contributed by atoms with Crippen molar-refractivity contribution in [2.45, 2.75) is 18.9 Å². The molecule has 1 aliphatic rings. The SMILES string of the molecule is NC(=O)C1CCCN1c1cn[nH]c2cnc3nccc3c12. The lowest BCUT2D eigenvalue weighted by Gasteiger charge is -2.25. The van der Waals surface area contributed by atoms with E-state index in [0.29, 0.717) is 5.65 Å². The van der Waals surface area contributed by atoms with Gasteiger partial charge in [-0.05, 0) is 18.9 Å². The molecule has 0 bridgehead atoms. The Balaban J connectivity index is 2.00. The second kappa shape index (κ2) is 4.41. The highest BCUT2D eigenvalue weighted by Gasteiger charge is 2.30. The number of anilines is 1. The number of hydrogen-bond donors (Lipinski definition) is 2. The summed E-state index contributed by atoms with van der Waals surface area (Å²) in [6, 6.07) is 1.65. The van der Waals surface area contributed by atoms with Crippen molar-refractivity contribution in [3.63, 3.8) is 0 Å². The Morgan fingerprint density at radius 1 is 1.38 bits per heavy atom. The predicted molar refractivity (Wildman–Crippen MR) is 78.8 cm³/mol. The zero-order valence-corrected chi connectivity index (χ0v) is 11.3. The number of H-pyrrole nitrogens is 1. The second-order valence-electron chi connectivity index (χ2n) is 5.24. The van der Waals surface area contributed by atoms with Crippen molar-refractivity contribution in [1.29, 1.82) is 0 Å². The van der Waals surface area contributed by atoms with E-state index in [-0.39, 0.29) is 11.9 Å². The number of pyridine rings is 1. The maximum absolute atomic E-state index is 11.7. The minimum absolute atomic E-state index is 0.275. The fourth-order valence-electron chi connectivity index (χ4n) is 3.12. The highest BCUT2D eigenvalue weighted by atomic mass is 16.1. The average molecular weight is 282 g/mol. The van der Waals surface area contributed by atoms with Crippen LogP contribution in [0.2, 0.25) is 0 Å². The number of nitrogens with zero attached hydrogens (tertiary/aromatic N) is 4. The Hall–Kier alpha value is -2.70. The summed E-state index contributed by atoms with van der Waals surface area (Å²) in [5.41, 5.74) is 7.95. The van der Waals surface area contributed by atoms with E-state index in [1.165, 1.54) is 0 Å². The van der Waals surface area contributed by atoms with Crippen LogP contribution in [0.15, 0.2) is 24.7 Å². The van der Waals surface area contributed by atoms with Crippen LogP contribution in [0.4, 0.5) is 5.69 Å². The van der Waals surface area contributed by atoms with Gasteiger partial charge in [0.1, 0.15) is 6.04 Å². The van der Waals surface area contributed by atoms with E-state index < -0.39 is 0 Å². The Kier molecular flexibility index (Phi) is 2.53.